The van der Waals surface area contributed by atoms with Gasteiger partial charge in [-0.05, 0) is 31.6 Å². The van der Waals surface area contributed by atoms with Crippen LogP contribution in [0, 0.1) is 5.92 Å². The number of hydrazine groups is 1. The highest BCUT2D eigenvalue weighted by Crippen LogP contribution is 2.36. The van der Waals surface area contributed by atoms with E-state index in [1.54, 1.807) is 0 Å². The van der Waals surface area contributed by atoms with Crippen LogP contribution in [0.1, 0.15) is 44.9 Å². The Morgan fingerprint density at radius 1 is 1.14 bits per heavy atom. The van der Waals surface area contributed by atoms with Gasteiger partial charge in [-0.2, -0.15) is 11.8 Å². The highest BCUT2D eigenvalue weighted by molar-refractivity contribution is 7.99. The van der Waals surface area contributed by atoms with Crippen LogP contribution in [0.25, 0.3) is 0 Å². The number of thioether (sulfide) groups is 1. The molecule has 0 aromatic rings. The van der Waals surface area contributed by atoms with Crippen molar-refractivity contribution in [2.24, 2.45) is 11.8 Å². The molecule has 0 spiro atoms. The molecule has 1 unspecified atom stereocenters. The van der Waals surface area contributed by atoms with Crippen molar-refractivity contribution in [2.75, 3.05) is 5.75 Å². The van der Waals surface area contributed by atoms with Crippen LogP contribution in [-0.2, 0) is 0 Å². The van der Waals surface area contributed by atoms with Crippen LogP contribution >= 0.6 is 11.8 Å². The molecule has 82 valence electrons. The molecule has 14 heavy (non-hydrogen) atoms. The predicted molar refractivity (Wildman–Crippen MR) is 63.2 cm³/mol. The van der Waals surface area contributed by atoms with Crippen LogP contribution in [-0.4, -0.2) is 17.0 Å². The van der Waals surface area contributed by atoms with Crippen LogP contribution in [0.5, 0.6) is 0 Å². The van der Waals surface area contributed by atoms with Gasteiger partial charge in [0.15, 0.2) is 0 Å². The van der Waals surface area contributed by atoms with E-state index in [2.05, 4.69) is 17.2 Å². The van der Waals surface area contributed by atoms with Gasteiger partial charge in [-0.25, -0.2) is 0 Å². The van der Waals surface area contributed by atoms with E-state index < -0.39 is 0 Å². The summed E-state index contributed by atoms with van der Waals surface area (Å²) in [5.41, 5.74) is 2.98. The Hall–Kier alpha value is 0.270. The molecule has 0 saturated heterocycles. The van der Waals surface area contributed by atoms with Crippen molar-refractivity contribution in [3.63, 3.8) is 0 Å². The lowest BCUT2D eigenvalue weighted by Crippen LogP contribution is -2.39. The molecule has 0 radical (unpaired) electrons. The topological polar surface area (TPSA) is 38.0 Å². The van der Waals surface area contributed by atoms with E-state index in [1.807, 2.05) is 0 Å². The Morgan fingerprint density at radius 2 is 1.86 bits per heavy atom. The summed E-state index contributed by atoms with van der Waals surface area (Å²) in [6.45, 7) is 0. The maximum absolute atomic E-state index is 5.57. The van der Waals surface area contributed by atoms with E-state index in [4.69, 9.17) is 5.84 Å². The second kappa shape index (κ2) is 5.38. The highest BCUT2D eigenvalue weighted by atomic mass is 32.2. The molecule has 0 heterocycles. The van der Waals surface area contributed by atoms with Gasteiger partial charge in [0.25, 0.3) is 0 Å². The molecule has 3 heteroatoms. The average molecular weight is 214 g/mol. The van der Waals surface area contributed by atoms with E-state index in [0.717, 1.165) is 11.2 Å². The summed E-state index contributed by atoms with van der Waals surface area (Å²) in [4.78, 5) is 0. The zero-order valence-corrected chi connectivity index (χ0v) is 9.69. The normalized spacial score (nSPS) is 26.4. The molecule has 0 bridgehead atoms. The van der Waals surface area contributed by atoms with Gasteiger partial charge in [0, 0.05) is 17.0 Å². The molecule has 1 atom stereocenters. The fourth-order valence-electron chi connectivity index (χ4n) is 2.29. The first-order valence-electron chi connectivity index (χ1n) is 5.98. The summed E-state index contributed by atoms with van der Waals surface area (Å²) in [5, 5.41) is 0.929. The molecular formula is C11H22N2S. The van der Waals surface area contributed by atoms with Gasteiger partial charge in [0.2, 0.25) is 0 Å². The fraction of sp³-hybridized carbons (Fsp3) is 1.00. The van der Waals surface area contributed by atoms with Gasteiger partial charge in [0.05, 0.1) is 0 Å². The number of nitrogens with two attached hydrogens (primary N) is 1. The maximum atomic E-state index is 5.57. The first-order valence-corrected chi connectivity index (χ1v) is 7.03. The lowest BCUT2D eigenvalue weighted by Gasteiger charge is -2.23. The van der Waals surface area contributed by atoms with Crippen molar-refractivity contribution in [3.8, 4) is 0 Å². The minimum atomic E-state index is 0.585. The second-order valence-electron chi connectivity index (χ2n) is 4.70. The molecule has 0 aromatic heterocycles. The lowest BCUT2D eigenvalue weighted by molar-refractivity contribution is 0.504. The third-order valence-electron chi connectivity index (χ3n) is 3.47. The molecule has 2 fully saturated rings. The number of hydrogen-bond acceptors (Lipinski definition) is 3. The molecule has 2 rings (SSSR count). The molecule has 2 aliphatic rings. The largest absolute Gasteiger partial charge is 0.271 e. The van der Waals surface area contributed by atoms with Gasteiger partial charge < -0.3 is 0 Å². The third kappa shape index (κ3) is 3.14. The van der Waals surface area contributed by atoms with E-state index >= 15 is 0 Å². The smallest absolute Gasteiger partial charge is 0.0329 e. The van der Waals surface area contributed by atoms with Crippen molar-refractivity contribution in [1.29, 1.82) is 0 Å². The Kier molecular flexibility index (Phi) is 4.14. The van der Waals surface area contributed by atoms with Gasteiger partial charge in [-0.3, -0.25) is 11.3 Å². The third-order valence-corrected chi connectivity index (χ3v) is 4.96. The van der Waals surface area contributed by atoms with Crippen LogP contribution in [0.4, 0.5) is 0 Å². The number of nitrogens with one attached hydrogen (secondary N) is 1. The monoisotopic (exact) mass is 214 g/mol. The summed E-state index contributed by atoms with van der Waals surface area (Å²) in [7, 11) is 0. The van der Waals surface area contributed by atoms with E-state index in [1.165, 1.54) is 50.7 Å². The van der Waals surface area contributed by atoms with Crippen LogP contribution < -0.4 is 11.3 Å². The van der Waals surface area contributed by atoms with Crippen molar-refractivity contribution in [1.82, 2.24) is 5.43 Å². The first-order chi connectivity index (χ1) is 6.90. The summed E-state index contributed by atoms with van der Waals surface area (Å²) in [6, 6.07) is 0.585. The standard InChI is InChI=1S/C11H22N2S/c12-13-11(9-6-7-9)8-14-10-4-2-1-3-5-10/h9-11,13H,1-8,12H2. The van der Waals surface area contributed by atoms with Crippen LogP contribution in [0.3, 0.4) is 0 Å². The van der Waals surface area contributed by atoms with E-state index in [9.17, 15) is 0 Å². The minimum absolute atomic E-state index is 0.585. The molecule has 2 saturated carbocycles. The Bertz CT molecular complexity index is 165. The number of hydrogen-bond donors (Lipinski definition) is 2. The molecule has 2 aliphatic carbocycles. The van der Waals surface area contributed by atoms with Crippen molar-refractivity contribution in [3.05, 3.63) is 0 Å². The van der Waals surface area contributed by atoms with Gasteiger partial charge in [-0.1, -0.05) is 19.3 Å². The van der Waals surface area contributed by atoms with Crippen molar-refractivity contribution < 1.29 is 0 Å². The molecule has 0 amide bonds. The van der Waals surface area contributed by atoms with Crippen LogP contribution in [0.2, 0.25) is 0 Å². The summed E-state index contributed by atoms with van der Waals surface area (Å²) < 4.78 is 0. The highest BCUT2D eigenvalue weighted by Gasteiger charge is 2.30. The Labute approximate surface area is 91.4 Å². The van der Waals surface area contributed by atoms with Crippen molar-refractivity contribution >= 4 is 11.8 Å². The maximum Gasteiger partial charge on any atom is 0.0329 e. The first kappa shape index (κ1) is 10.8. The minimum Gasteiger partial charge on any atom is -0.271 e. The van der Waals surface area contributed by atoms with Gasteiger partial charge >= 0.3 is 0 Å². The van der Waals surface area contributed by atoms with Crippen LogP contribution in [0.15, 0.2) is 0 Å². The summed E-state index contributed by atoms with van der Waals surface area (Å²) in [6.07, 6.45) is 10.0. The SMILES string of the molecule is NNC(CSC1CCCCC1)C1CC1. The molecule has 3 N–H and O–H groups in total. The van der Waals surface area contributed by atoms with Gasteiger partial charge in [0.1, 0.15) is 0 Å². The molecule has 0 aliphatic heterocycles. The fourth-order valence-corrected chi connectivity index (χ4v) is 3.80. The molecular weight excluding hydrogens is 192 g/mol. The number of rotatable bonds is 5. The second-order valence-corrected chi connectivity index (χ2v) is 6.04. The quantitative estimate of drug-likeness (QED) is 0.545. The molecule has 2 nitrogen and oxygen atoms in total. The zero-order valence-electron chi connectivity index (χ0n) is 8.87. The average Bonchev–Trinajstić information content (AvgIpc) is 3.05. The molecule has 0 aromatic carbocycles. The Balaban J connectivity index is 1.63. The summed E-state index contributed by atoms with van der Waals surface area (Å²) >= 11 is 2.16. The zero-order chi connectivity index (χ0) is 9.80. The summed E-state index contributed by atoms with van der Waals surface area (Å²) in [5.74, 6) is 7.68. The van der Waals surface area contributed by atoms with E-state index in [0.29, 0.717) is 6.04 Å². The van der Waals surface area contributed by atoms with Crippen molar-refractivity contribution in [2.45, 2.75) is 56.2 Å². The predicted octanol–water partition coefficient (Wildman–Crippen LogP) is 2.29. The van der Waals surface area contributed by atoms with E-state index in [-0.39, 0.29) is 0 Å². The lowest BCUT2D eigenvalue weighted by atomic mass is 10.0. The van der Waals surface area contributed by atoms with Gasteiger partial charge in [-0.15, -0.1) is 0 Å². The Morgan fingerprint density at radius 3 is 2.43 bits per heavy atom.